The fraction of sp³-hybridized carbons (Fsp3) is 0.588. The van der Waals surface area contributed by atoms with Gasteiger partial charge in [0.05, 0.1) is 12.6 Å². The molecule has 0 aromatic heterocycles. The van der Waals surface area contributed by atoms with Crippen molar-refractivity contribution in [3.05, 3.63) is 29.8 Å². The summed E-state index contributed by atoms with van der Waals surface area (Å²) in [5.41, 5.74) is 0.556. The molecule has 1 aromatic carbocycles. The normalized spacial score (nSPS) is 22.7. The minimum Gasteiger partial charge on any atom is -0.496 e. The van der Waals surface area contributed by atoms with Crippen molar-refractivity contribution in [1.29, 1.82) is 0 Å². The summed E-state index contributed by atoms with van der Waals surface area (Å²) in [5, 5.41) is 6.57. The molecule has 2 N–H and O–H groups in total. The SMILES string of the molecule is COc1ccccc1C(C)(C)NC(=O)[C@H]1CCN[C@@H](C)C1. The molecule has 1 aliphatic heterocycles. The van der Waals surface area contributed by atoms with E-state index in [0.29, 0.717) is 6.04 Å². The maximum Gasteiger partial charge on any atom is 0.223 e. The molecule has 0 spiro atoms. The molecule has 116 valence electrons. The summed E-state index contributed by atoms with van der Waals surface area (Å²) < 4.78 is 5.41. The molecule has 0 saturated carbocycles. The smallest absolute Gasteiger partial charge is 0.223 e. The molecule has 2 rings (SSSR count). The Hall–Kier alpha value is -1.55. The maximum atomic E-state index is 12.6. The molecule has 0 unspecified atom stereocenters. The molecule has 2 atom stereocenters. The number of nitrogens with one attached hydrogen (secondary N) is 2. The summed E-state index contributed by atoms with van der Waals surface area (Å²) in [5.74, 6) is 1.04. The van der Waals surface area contributed by atoms with E-state index in [1.807, 2.05) is 38.1 Å². The predicted octanol–water partition coefficient (Wildman–Crippen LogP) is 2.43. The zero-order chi connectivity index (χ0) is 15.5. The number of carbonyl (C=O) groups excluding carboxylic acids is 1. The van der Waals surface area contributed by atoms with Crippen molar-refractivity contribution in [3.63, 3.8) is 0 Å². The van der Waals surface area contributed by atoms with Gasteiger partial charge in [0.25, 0.3) is 0 Å². The molecular formula is C17H26N2O2. The number of carbonyl (C=O) groups is 1. The minimum absolute atomic E-state index is 0.0928. The summed E-state index contributed by atoms with van der Waals surface area (Å²) in [6.07, 6.45) is 1.80. The van der Waals surface area contributed by atoms with Crippen molar-refractivity contribution >= 4 is 5.91 Å². The van der Waals surface area contributed by atoms with Crippen LogP contribution in [0.2, 0.25) is 0 Å². The van der Waals surface area contributed by atoms with Crippen LogP contribution in [0.15, 0.2) is 24.3 Å². The third-order valence-corrected chi connectivity index (χ3v) is 4.21. The molecule has 1 aromatic rings. The molecule has 1 fully saturated rings. The Labute approximate surface area is 127 Å². The molecule has 0 bridgehead atoms. The van der Waals surface area contributed by atoms with Gasteiger partial charge in [-0.2, -0.15) is 0 Å². The van der Waals surface area contributed by atoms with Crippen LogP contribution in [0, 0.1) is 5.92 Å². The van der Waals surface area contributed by atoms with E-state index in [4.69, 9.17) is 4.74 Å². The van der Waals surface area contributed by atoms with Gasteiger partial charge in [0.15, 0.2) is 0 Å². The molecule has 0 radical (unpaired) electrons. The second-order valence-electron chi connectivity index (χ2n) is 6.39. The van der Waals surface area contributed by atoms with E-state index < -0.39 is 5.54 Å². The first kappa shape index (κ1) is 15.8. The number of methoxy groups -OCH3 is 1. The number of hydrogen-bond acceptors (Lipinski definition) is 3. The zero-order valence-corrected chi connectivity index (χ0v) is 13.4. The van der Waals surface area contributed by atoms with E-state index in [2.05, 4.69) is 17.6 Å². The van der Waals surface area contributed by atoms with Gasteiger partial charge in [0.1, 0.15) is 5.75 Å². The molecule has 0 aliphatic carbocycles. The first-order chi connectivity index (χ1) is 9.94. The summed E-state index contributed by atoms with van der Waals surface area (Å²) in [6.45, 7) is 7.08. The van der Waals surface area contributed by atoms with Crippen molar-refractivity contribution in [2.24, 2.45) is 5.92 Å². The first-order valence-corrected chi connectivity index (χ1v) is 7.63. The van der Waals surface area contributed by atoms with Gasteiger partial charge in [-0.1, -0.05) is 18.2 Å². The number of ether oxygens (including phenoxy) is 1. The molecule has 1 saturated heterocycles. The minimum atomic E-state index is -0.447. The summed E-state index contributed by atoms with van der Waals surface area (Å²) in [7, 11) is 1.66. The molecule has 1 amide bonds. The lowest BCUT2D eigenvalue weighted by molar-refractivity contribution is -0.127. The lowest BCUT2D eigenvalue weighted by Gasteiger charge is -2.33. The Morgan fingerprint density at radius 2 is 2.10 bits per heavy atom. The monoisotopic (exact) mass is 290 g/mol. The van der Waals surface area contributed by atoms with Crippen LogP contribution in [-0.4, -0.2) is 25.6 Å². The van der Waals surface area contributed by atoms with Gasteiger partial charge in [-0.15, -0.1) is 0 Å². The highest BCUT2D eigenvalue weighted by atomic mass is 16.5. The maximum absolute atomic E-state index is 12.6. The standard InChI is InChI=1S/C17H26N2O2/c1-12-11-13(9-10-18-12)16(20)19-17(2,3)14-7-5-6-8-15(14)21-4/h5-8,12-13,18H,9-11H2,1-4H3,(H,19,20)/t12-,13-/m0/s1. The van der Waals surface area contributed by atoms with Crippen LogP contribution in [0.1, 0.15) is 39.2 Å². The Balaban J connectivity index is 2.11. The summed E-state index contributed by atoms with van der Waals surface area (Å²) >= 11 is 0. The van der Waals surface area contributed by atoms with Crippen molar-refractivity contribution in [2.75, 3.05) is 13.7 Å². The molecule has 21 heavy (non-hydrogen) atoms. The highest BCUT2D eigenvalue weighted by Crippen LogP contribution is 2.30. The molecule has 1 aliphatic rings. The summed E-state index contributed by atoms with van der Waals surface area (Å²) in [4.78, 5) is 12.6. The zero-order valence-electron chi connectivity index (χ0n) is 13.4. The molecular weight excluding hydrogens is 264 g/mol. The van der Waals surface area contributed by atoms with Crippen LogP contribution < -0.4 is 15.4 Å². The van der Waals surface area contributed by atoms with Crippen molar-refractivity contribution in [1.82, 2.24) is 10.6 Å². The summed E-state index contributed by atoms with van der Waals surface area (Å²) in [6, 6.07) is 8.25. The van der Waals surface area contributed by atoms with Gasteiger partial charge < -0.3 is 15.4 Å². The van der Waals surface area contributed by atoms with E-state index in [1.54, 1.807) is 7.11 Å². The van der Waals surface area contributed by atoms with E-state index in [1.165, 1.54) is 0 Å². The van der Waals surface area contributed by atoms with Crippen LogP contribution >= 0.6 is 0 Å². The number of para-hydroxylation sites is 1. The van der Waals surface area contributed by atoms with Crippen LogP contribution in [0.25, 0.3) is 0 Å². The van der Waals surface area contributed by atoms with E-state index in [0.717, 1.165) is 30.7 Å². The average Bonchev–Trinajstić information content (AvgIpc) is 2.46. The lowest BCUT2D eigenvalue weighted by Crippen LogP contribution is -2.48. The highest BCUT2D eigenvalue weighted by Gasteiger charge is 2.31. The molecule has 4 heteroatoms. The van der Waals surface area contributed by atoms with Gasteiger partial charge in [0.2, 0.25) is 5.91 Å². The highest BCUT2D eigenvalue weighted by molar-refractivity contribution is 5.80. The topological polar surface area (TPSA) is 50.4 Å². The number of piperidine rings is 1. The van der Waals surface area contributed by atoms with Gasteiger partial charge in [-0.3, -0.25) is 4.79 Å². The second-order valence-corrected chi connectivity index (χ2v) is 6.39. The van der Waals surface area contributed by atoms with Gasteiger partial charge in [-0.25, -0.2) is 0 Å². The van der Waals surface area contributed by atoms with E-state index in [-0.39, 0.29) is 11.8 Å². The van der Waals surface area contributed by atoms with Gasteiger partial charge >= 0.3 is 0 Å². The average molecular weight is 290 g/mol. The largest absolute Gasteiger partial charge is 0.496 e. The van der Waals surface area contributed by atoms with Crippen LogP contribution in [0.4, 0.5) is 0 Å². The number of rotatable bonds is 4. The fourth-order valence-corrected chi connectivity index (χ4v) is 3.01. The number of amides is 1. The molecule has 1 heterocycles. The number of hydrogen-bond donors (Lipinski definition) is 2. The predicted molar refractivity (Wildman–Crippen MR) is 84.4 cm³/mol. The van der Waals surface area contributed by atoms with E-state index >= 15 is 0 Å². The fourth-order valence-electron chi connectivity index (χ4n) is 3.01. The Morgan fingerprint density at radius 1 is 1.38 bits per heavy atom. The third kappa shape index (κ3) is 3.76. The Morgan fingerprint density at radius 3 is 2.76 bits per heavy atom. The number of benzene rings is 1. The van der Waals surface area contributed by atoms with E-state index in [9.17, 15) is 4.79 Å². The van der Waals surface area contributed by atoms with Gasteiger partial charge in [-0.05, 0) is 46.2 Å². The van der Waals surface area contributed by atoms with Crippen molar-refractivity contribution in [2.45, 2.75) is 45.2 Å². The first-order valence-electron chi connectivity index (χ1n) is 7.63. The van der Waals surface area contributed by atoms with Crippen molar-refractivity contribution < 1.29 is 9.53 Å². The Bertz CT molecular complexity index is 499. The Kier molecular flexibility index (Phi) is 4.88. The van der Waals surface area contributed by atoms with Crippen LogP contribution in [0.5, 0.6) is 5.75 Å². The van der Waals surface area contributed by atoms with Crippen LogP contribution in [0.3, 0.4) is 0 Å². The second kappa shape index (κ2) is 6.48. The van der Waals surface area contributed by atoms with Crippen LogP contribution in [-0.2, 0) is 10.3 Å². The van der Waals surface area contributed by atoms with Gasteiger partial charge in [0, 0.05) is 17.5 Å². The third-order valence-electron chi connectivity index (χ3n) is 4.21. The van der Waals surface area contributed by atoms with Crippen molar-refractivity contribution in [3.8, 4) is 5.75 Å². The quantitative estimate of drug-likeness (QED) is 0.895. The molecule has 4 nitrogen and oxygen atoms in total. The lowest BCUT2D eigenvalue weighted by atomic mass is 9.89.